The average Bonchev–Trinajstić information content (AvgIpc) is 3.12. The molecule has 3 rings (SSSR count). The lowest BCUT2D eigenvalue weighted by Crippen LogP contribution is -2.44. The molecule has 5 atom stereocenters. The molecule has 1 saturated heterocycles. The molecule has 0 aliphatic carbocycles. The number of ether oxygens (including phenoxy) is 1. The van der Waals surface area contributed by atoms with E-state index in [1.165, 1.54) is 24.3 Å². The van der Waals surface area contributed by atoms with Gasteiger partial charge in [0.25, 0.3) is 0 Å². The number of hydrogen-bond donors (Lipinski definition) is 4. The minimum absolute atomic E-state index is 0.0381. The number of nitrogens with zero attached hydrogens (tertiary/aromatic N) is 1. The van der Waals surface area contributed by atoms with Gasteiger partial charge in [-0.2, -0.15) is 5.26 Å². The van der Waals surface area contributed by atoms with Crippen molar-refractivity contribution in [1.29, 1.82) is 5.26 Å². The zero-order valence-corrected chi connectivity index (χ0v) is 22.0. The van der Waals surface area contributed by atoms with E-state index in [2.05, 4.69) is 16.7 Å². The molecule has 1 amide bonds. The van der Waals surface area contributed by atoms with Crippen LogP contribution in [0.15, 0.2) is 36.4 Å². The molecule has 0 unspecified atom stereocenters. The van der Waals surface area contributed by atoms with Crippen LogP contribution < -0.4 is 10.6 Å². The molecule has 4 N–H and O–H groups in total. The van der Waals surface area contributed by atoms with Crippen LogP contribution in [0.25, 0.3) is 0 Å². The van der Waals surface area contributed by atoms with E-state index in [0.29, 0.717) is 0 Å². The van der Waals surface area contributed by atoms with Crippen molar-refractivity contribution >= 4 is 17.7 Å². The van der Waals surface area contributed by atoms with E-state index in [-0.39, 0.29) is 35.5 Å². The first kappa shape index (κ1) is 29.7. The molecule has 38 heavy (non-hydrogen) atoms. The summed E-state index contributed by atoms with van der Waals surface area (Å²) in [7, 11) is 0. The Kier molecular flexibility index (Phi) is 9.31. The van der Waals surface area contributed by atoms with Gasteiger partial charge in [-0.3, -0.25) is 5.32 Å². The fourth-order valence-corrected chi connectivity index (χ4v) is 5.12. The number of rotatable bonds is 8. The summed E-state index contributed by atoms with van der Waals surface area (Å²) < 4.78 is 50.8. The van der Waals surface area contributed by atoms with Gasteiger partial charge in [0.1, 0.15) is 11.2 Å². The number of aliphatic hydroxyl groups excluding tert-OH is 2. The Hall–Kier alpha value is -2.84. The molecule has 1 heterocycles. The minimum atomic E-state index is -1.84. The Balaban J connectivity index is 2.16. The second kappa shape index (κ2) is 11.9. The molecule has 1 fully saturated rings. The molecule has 0 saturated carbocycles. The predicted molar refractivity (Wildman–Crippen MR) is 135 cm³/mol. The van der Waals surface area contributed by atoms with E-state index in [1.54, 1.807) is 0 Å². The van der Waals surface area contributed by atoms with E-state index < -0.39 is 65.3 Å². The average molecular weight is 554 g/mol. The Labute approximate surface area is 224 Å². The first-order valence-corrected chi connectivity index (χ1v) is 12.5. The Morgan fingerprint density at radius 3 is 2.58 bits per heavy atom. The highest BCUT2D eigenvalue weighted by Crippen LogP contribution is 2.52. The summed E-state index contributed by atoms with van der Waals surface area (Å²) in [6.07, 6.45) is -3.06. The van der Waals surface area contributed by atoms with Crippen molar-refractivity contribution in [1.82, 2.24) is 10.6 Å². The number of nitrogens with one attached hydrogen (secondary N) is 2. The van der Waals surface area contributed by atoms with Gasteiger partial charge in [0.05, 0.1) is 24.7 Å². The fraction of sp³-hybridized carbons (Fsp3) is 0.481. The maximum absolute atomic E-state index is 15.5. The number of carbonyl (C=O) groups is 1. The highest BCUT2D eigenvalue weighted by molar-refractivity contribution is 6.30. The third-order valence-electron chi connectivity index (χ3n) is 6.59. The van der Waals surface area contributed by atoms with Crippen LogP contribution in [-0.4, -0.2) is 47.8 Å². The Morgan fingerprint density at radius 1 is 1.26 bits per heavy atom. The molecule has 206 valence electrons. The van der Waals surface area contributed by atoms with E-state index in [1.807, 2.05) is 20.8 Å². The number of hydrogen-bond acceptors (Lipinski definition) is 6. The summed E-state index contributed by atoms with van der Waals surface area (Å²) in [5.74, 6) is -4.60. The van der Waals surface area contributed by atoms with E-state index in [0.717, 1.165) is 12.1 Å². The normalized spacial score (nSPS) is 24.1. The van der Waals surface area contributed by atoms with Crippen molar-refractivity contribution in [2.45, 2.75) is 63.3 Å². The second-order valence-electron chi connectivity index (χ2n) is 10.6. The van der Waals surface area contributed by atoms with Gasteiger partial charge >= 0.3 is 6.09 Å². The van der Waals surface area contributed by atoms with Gasteiger partial charge in [0.2, 0.25) is 0 Å². The number of halogens is 4. The first-order chi connectivity index (χ1) is 17.8. The van der Waals surface area contributed by atoms with Crippen molar-refractivity contribution in [2.24, 2.45) is 5.41 Å². The standard InChI is InChI=1S/C27H31ClF3N3O4/c1-26(2,3)12-21-27(14-32,18-8-7-15(28)11-20(18)30)22(17-5-4-6-19(29)23(17)31)24(34-21)38-25(37)33-10-9-16(36)13-35/h4-8,11,16,21-22,24,34-36H,9-10,12-13H2,1-3H3,(H,33,37)/t16-,21-,22-,24+,27-/m0/s1. The Bertz CT molecular complexity index is 1200. The molecule has 0 radical (unpaired) electrons. The zero-order chi connectivity index (χ0) is 28.3. The van der Waals surface area contributed by atoms with Crippen molar-refractivity contribution in [3.63, 3.8) is 0 Å². The van der Waals surface area contributed by atoms with E-state index >= 15 is 8.78 Å². The molecule has 2 aromatic carbocycles. The van der Waals surface area contributed by atoms with Crippen LogP contribution in [0.2, 0.25) is 5.02 Å². The van der Waals surface area contributed by atoms with Gasteiger partial charge in [0.15, 0.2) is 17.9 Å². The lowest BCUT2D eigenvalue weighted by molar-refractivity contribution is 0.0683. The molecule has 1 aliphatic rings. The van der Waals surface area contributed by atoms with Gasteiger partial charge in [-0.05, 0) is 36.5 Å². The summed E-state index contributed by atoms with van der Waals surface area (Å²) >= 11 is 5.97. The maximum Gasteiger partial charge on any atom is 0.408 e. The third-order valence-corrected chi connectivity index (χ3v) is 6.83. The molecule has 0 aromatic heterocycles. The molecular formula is C27H31ClF3N3O4. The summed E-state index contributed by atoms with van der Waals surface area (Å²) in [4.78, 5) is 12.7. The van der Waals surface area contributed by atoms with Crippen LogP contribution in [0.5, 0.6) is 0 Å². The summed E-state index contributed by atoms with van der Waals surface area (Å²) in [5.41, 5.74) is -2.62. The quantitative estimate of drug-likeness (QED) is 0.382. The van der Waals surface area contributed by atoms with E-state index in [4.69, 9.17) is 21.4 Å². The van der Waals surface area contributed by atoms with Crippen LogP contribution in [0.3, 0.4) is 0 Å². The molecular weight excluding hydrogens is 523 g/mol. The minimum Gasteiger partial charge on any atom is -0.430 e. The number of nitriles is 1. The van der Waals surface area contributed by atoms with Crippen LogP contribution in [0, 0.1) is 34.2 Å². The summed E-state index contributed by atoms with van der Waals surface area (Å²) in [6.45, 7) is 5.17. The van der Waals surface area contributed by atoms with Crippen LogP contribution >= 0.6 is 11.6 Å². The van der Waals surface area contributed by atoms with Gasteiger partial charge in [-0.25, -0.2) is 18.0 Å². The third kappa shape index (κ3) is 6.24. The lowest BCUT2D eigenvalue weighted by atomic mass is 9.63. The van der Waals surface area contributed by atoms with Gasteiger partial charge in [0, 0.05) is 28.7 Å². The maximum atomic E-state index is 15.5. The highest BCUT2D eigenvalue weighted by atomic mass is 35.5. The topological polar surface area (TPSA) is 115 Å². The van der Waals surface area contributed by atoms with Crippen molar-refractivity contribution in [3.8, 4) is 6.07 Å². The lowest BCUT2D eigenvalue weighted by Gasteiger charge is -2.37. The largest absolute Gasteiger partial charge is 0.430 e. The predicted octanol–water partition coefficient (Wildman–Crippen LogP) is 4.51. The summed E-state index contributed by atoms with van der Waals surface area (Å²) in [5, 5.41) is 34.7. The smallest absolute Gasteiger partial charge is 0.408 e. The number of amides is 1. The monoisotopic (exact) mass is 553 g/mol. The fourth-order valence-electron chi connectivity index (χ4n) is 4.96. The molecule has 7 nitrogen and oxygen atoms in total. The van der Waals surface area contributed by atoms with Crippen LogP contribution in [-0.2, 0) is 10.2 Å². The molecule has 11 heteroatoms. The molecule has 0 spiro atoms. The summed E-state index contributed by atoms with van der Waals surface area (Å²) in [6, 6.07) is 8.55. The van der Waals surface area contributed by atoms with Crippen LogP contribution in [0.4, 0.5) is 18.0 Å². The van der Waals surface area contributed by atoms with Gasteiger partial charge in [-0.15, -0.1) is 0 Å². The molecule has 1 aliphatic heterocycles. The SMILES string of the molecule is CC(C)(C)C[C@@H]1N[C@H](OC(=O)NCC[C@H](O)CO)[C@H](c2cccc(F)c2F)[C@@]1(C#N)c1ccc(Cl)cc1F. The van der Waals surface area contributed by atoms with Gasteiger partial charge in [-0.1, -0.05) is 50.6 Å². The zero-order valence-electron chi connectivity index (χ0n) is 21.3. The van der Waals surface area contributed by atoms with E-state index in [9.17, 15) is 19.6 Å². The van der Waals surface area contributed by atoms with Crippen molar-refractivity contribution in [3.05, 3.63) is 70.0 Å². The number of benzene rings is 2. The second-order valence-corrected chi connectivity index (χ2v) is 11.0. The molecule has 0 bridgehead atoms. The number of aliphatic hydroxyl groups is 2. The Morgan fingerprint density at radius 2 is 1.97 bits per heavy atom. The van der Waals surface area contributed by atoms with Crippen LogP contribution in [0.1, 0.15) is 50.7 Å². The number of alkyl carbamates (subject to hydrolysis) is 1. The van der Waals surface area contributed by atoms with Crippen molar-refractivity contribution in [2.75, 3.05) is 13.2 Å². The first-order valence-electron chi connectivity index (χ1n) is 12.1. The molecule has 2 aromatic rings. The van der Waals surface area contributed by atoms with Crippen molar-refractivity contribution < 1.29 is 32.9 Å². The highest BCUT2D eigenvalue weighted by Gasteiger charge is 2.61. The number of carbonyl (C=O) groups excluding carboxylic acids is 1. The van der Waals surface area contributed by atoms with Gasteiger partial charge < -0.3 is 20.3 Å².